The van der Waals surface area contributed by atoms with E-state index >= 15 is 0 Å². The van der Waals surface area contributed by atoms with E-state index in [1.54, 1.807) is 6.20 Å². The molecular weight excluding hydrogens is 169 g/mol. The predicted octanol–water partition coefficient (Wildman–Crippen LogP) is 0.931. The largest absolute Gasteiger partial charge is 0.261 e. The fourth-order valence-corrected chi connectivity index (χ4v) is 1.48. The van der Waals surface area contributed by atoms with Gasteiger partial charge in [0.1, 0.15) is 5.82 Å². The van der Waals surface area contributed by atoms with Crippen molar-refractivity contribution in [3.05, 3.63) is 29.8 Å². The van der Waals surface area contributed by atoms with Crippen LogP contribution in [0.3, 0.4) is 0 Å². The van der Waals surface area contributed by atoms with E-state index < -0.39 is 0 Å². The lowest BCUT2D eigenvalue weighted by Crippen LogP contribution is -2.30. The Bertz CT molecular complexity index is 284. The number of nitrogens with one attached hydrogen (secondary N) is 1. The van der Waals surface area contributed by atoms with Gasteiger partial charge in [-0.3, -0.25) is 10.4 Å². The van der Waals surface area contributed by atoms with Crippen molar-refractivity contribution in [2.75, 3.05) is 13.1 Å². The molecule has 13 heavy (non-hydrogen) atoms. The molecule has 0 amide bonds. The summed E-state index contributed by atoms with van der Waals surface area (Å²) in [6, 6.07) is 1.52. The summed E-state index contributed by atoms with van der Waals surface area (Å²) in [6.07, 6.45) is 4.08. The van der Waals surface area contributed by atoms with Crippen LogP contribution in [0, 0.1) is 5.82 Å². The topological polar surface area (TPSA) is 28.2 Å². The Morgan fingerprint density at radius 2 is 2.46 bits per heavy atom. The van der Waals surface area contributed by atoms with Gasteiger partial charge < -0.3 is 0 Å². The first-order valence-electron chi connectivity index (χ1n) is 4.42. The molecular formula is C9H12FN3. The van der Waals surface area contributed by atoms with Crippen molar-refractivity contribution in [2.24, 2.45) is 0 Å². The molecule has 0 aromatic carbocycles. The molecule has 1 N–H and O–H groups in total. The van der Waals surface area contributed by atoms with Crippen LogP contribution in [0.25, 0.3) is 0 Å². The lowest BCUT2D eigenvalue weighted by molar-refractivity contribution is 0.244. The van der Waals surface area contributed by atoms with E-state index in [1.807, 2.05) is 0 Å². The van der Waals surface area contributed by atoms with Gasteiger partial charge in [-0.15, -0.1) is 0 Å². The Morgan fingerprint density at radius 1 is 1.54 bits per heavy atom. The quantitative estimate of drug-likeness (QED) is 0.735. The summed E-state index contributed by atoms with van der Waals surface area (Å²) in [4.78, 5) is 3.80. The van der Waals surface area contributed by atoms with Crippen molar-refractivity contribution < 1.29 is 4.39 Å². The highest BCUT2D eigenvalue weighted by atomic mass is 19.1. The van der Waals surface area contributed by atoms with Crippen LogP contribution in [0.1, 0.15) is 12.0 Å². The fraction of sp³-hybridized carbons (Fsp3) is 0.444. The molecule has 70 valence electrons. The molecule has 0 aliphatic carbocycles. The lowest BCUT2D eigenvalue weighted by atomic mass is 10.3. The number of pyridine rings is 1. The minimum absolute atomic E-state index is 0.267. The molecule has 1 aliphatic rings. The van der Waals surface area contributed by atoms with Crippen LogP contribution in [0.5, 0.6) is 0 Å². The maximum absolute atomic E-state index is 12.7. The average Bonchev–Trinajstić information content (AvgIpc) is 2.57. The minimum atomic E-state index is -0.267. The van der Waals surface area contributed by atoms with Gasteiger partial charge in [0, 0.05) is 25.8 Å². The first-order chi connectivity index (χ1) is 6.34. The third-order valence-electron chi connectivity index (χ3n) is 2.08. The summed E-state index contributed by atoms with van der Waals surface area (Å²) >= 11 is 0. The van der Waals surface area contributed by atoms with Crippen molar-refractivity contribution in [3.8, 4) is 0 Å². The second-order valence-electron chi connectivity index (χ2n) is 3.19. The molecule has 2 heterocycles. The number of rotatable bonds is 2. The van der Waals surface area contributed by atoms with Gasteiger partial charge in [0.25, 0.3) is 0 Å². The van der Waals surface area contributed by atoms with E-state index in [0.29, 0.717) is 0 Å². The van der Waals surface area contributed by atoms with Gasteiger partial charge in [0.15, 0.2) is 0 Å². The van der Waals surface area contributed by atoms with E-state index in [2.05, 4.69) is 15.4 Å². The number of nitrogens with zero attached hydrogens (tertiary/aromatic N) is 2. The van der Waals surface area contributed by atoms with Crippen molar-refractivity contribution in [3.63, 3.8) is 0 Å². The minimum Gasteiger partial charge on any atom is -0.261 e. The predicted molar refractivity (Wildman–Crippen MR) is 47.2 cm³/mol. The molecule has 1 fully saturated rings. The Kier molecular flexibility index (Phi) is 2.52. The van der Waals surface area contributed by atoms with Crippen molar-refractivity contribution in [1.29, 1.82) is 0 Å². The summed E-state index contributed by atoms with van der Waals surface area (Å²) < 4.78 is 12.7. The second kappa shape index (κ2) is 3.81. The van der Waals surface area contributed by atoms with Crippen LogP contribution in [0.15, 0.2) is 18.5 Å². The summed E-state index contributed by atoms with van der Waals surface area (Å²) in [5.74, 6) is -0.267. The zero-order valence-corrected chi connectivity index (χ0v) is 7.33. The molecule has 2 rings (SSSR count). The number of hydrogen-bond donors (Lipinski definition) is 1. The van der Waals surface area contributed by atoms with Gasteiger partial charge in [-0.25, -0.2) is 9.40 Å². The van der Waals surface area contributed by atoms with Crippen LogP contribution in [0.4, 0.5) is 4.39 Å². The van der Waals surface area contributed by atoms with Gasteiger partial charge in [-0.1, -0.05) is 0 Å². The molecule has 0 atom stereocenters. The summed E-state index contributed by atoms with van der Waals surface area (Å²) in [6.45, 7) is 2.77. The fourth-order valence-electron chi connectivity index (χ4n) is 1.48. The lowest BCUT2D eigenvalue weighted by Gasteiger charge is -2.14. The molecule has 0 spiro atoms. The van der Waals surface area contributed by atoms with Gasteiger partial charge in [-0.2, -0.15) is 0 Å². The average molecular weight is 181 g/mol. The van der Waals surface area contributed by atoms with Crippen LogP contribution >= 0.6 is 0 Å². The highest BCUT2D eigenvalue weighted by molar-refractivity contribution is 5.09. The third kappa shape index (κ3) is 2.23. The Morgan fingerprint density at radius 3 is 3.15 bits per heavy atom. The number of hydrazine groups is 1. The maximum Gasteiger partial charge on any atom is 0.141 e. The molecule has 1 aromatic rings. The van der Waals surface area contributed by atoms with E-state index in [9.17, 15) is 4.39 Å². The number of halogens is 1. The molecule has 0 bridgehead atoms. The molecule has 4 heteroatoms. The van der Waals surface area contributed by atoms with E-state index in [0.717, 1.165) is 31.6 Å². The molecule has 0 saturated carbocycles. The van der Waals surface area contributed by atoms with Gasteiger partial charge in [-0.05, 0) is 18.1 Å². The zero-order valence-electron chi connectivity index (χ0n) is 7.33. The van der Waals surface area contributed by atoms with Gasteiger partial charge in [0.05, 0.1) is 6.20 Å². The first-order valence-corrected chi connectivity index (χ1v) is 4.42. The molecule has 1 aromatic heterocycles. The molecule has 0 unspecified atom stereocenters. The zero-order chi connectivity index (χ0) is 9.10. The summed E-state index contributed by atoms with van der Waals surface area (Å²) in [5.41, 5.74) is 4.12. The Balaban J connectivity index is 2.00. The monoisotopic (exact) mass is 181 g/mol. The SMILES string of the molecule is Fc1cncc(CN2CCCN2)c1. The summed E-state index contributed by atoms with van der Waals surface area (Å²) in [5, 5.41) is 2.08. The third-order valence-corrected chi connectivity index (χ3v) is 2.08. The Hall–Kier alpha value is -1.00. The molecule has 0 radical (unpaired) electrons. The first kappa shape index (κ1) is 8.59. The Labute approximate surface area is 76.6 Å². The number of hydrogen-bond acceptors (Lipinski definition) is 3. The van der Waals surface area contributed by atoms with Crippen molar-refractivity contribution in [2.45, 2.75) is 13.0 Å². The molecule has 1 saturated heterocycles. The van der Waals surface area contributed by atoms with Crippen LogP contribution in [0.2, 0.25) is 0 Å². The van der Waals surface area contributed by atoms with Crippen LogP contribution in [-0.2, 0) is 6.54 Å². The standard InChI is InChI=1S/C9H12FN3/c10-9-4-8(5-11-6-9)7-13-3-1-2-12-13/h4-6,12H,1-3,7H2. The summed E-state index contributed by atoms with van der Waals surface area (Å²) in [7, 11) is 0. The number of aromatic nitrogens is 1. The highest BCUT2D eigenvalue weighted by Crippen LogP contribution is 2.06. The van der Waals surface area contributed by atoms with Crippen LogP contribution < -0.4 is 5.43 Å². The maximum atomic E-state index is 12.7. The van der Waals surface area contributed by atoms with Crippen molar-refractivity contribution >= 4 is 0 Å². The van der Waals surface area contributed by atoms with Gasteiger partial charge >= 0.3 is 0 Å². The van der Waals surface area contributed by atoms with E-state index in [-0.39, 0.29) is 5.82 Å². The van der Waals surface area contributed by atoms with E-state index in [1.165, 1.54) is 12.3 Å². The molecule has 1 aliphatic heterocycles. The highest BCUT2D eigenvalue weighted by Gasteiger charge is 2.10. The van der Waals surface area contributed by atoms with Crippen LogP contribution in [-0.4, -0.2) is 23.1 Å². The second-order valence-corrected chi connectivity index (χ2v) is 3.19. The smallest absolute Gasteiger partial charge is 0.141 e. The molecule has 3 nitrogen and oxygen atoms in total. The van der Waals surface area contributed by atoms with Gasteiger partial charge in [0.2, 0.25) is 0 Å². The van der Waals surface area contributed by atoms with Crippen molar-refractivity contribution in [1.82, 2.24) is 15.4 Å². The van der Waals surface area contributed by atoms with E-state index in [4.69, 9.17) is 0 Å². The normalized spacial score (nSPS) is 17.9.